The summed E-state index contributed by atoms with van der Waals surface area (Å²) in [5, 5.41) is 3.14. The topological polar surface area (TPSA) is 61.9 Å². The molecule has 1 atom stereocenters. The molecule has 0 aromatic rings. The van der Waals surface area contributed by atoms with E-state index in [0.717, 1.165) is 13.0 Å². The first kappa shape index (κ1) is 14.9. The first-order chi connectivity index (χ1) is 8.57. The predicted octanol–water partition coefficient (Wildman–Crippen LogP) is -0.698. The van der Waals surface area contributed by atoms with Crippen molar-refractivity contribution in [2.45, 2.75) is 19.4 Å². The second kappa shape index (κ2) is 7.33. The van der Waals surface area contributed by atoms with E-state index in [-0.39, 0.29) is 18.4 Å². The van der Waals surface area contributed by atoms with Crippen molar-refractivity contribution in [3.63, 3.8) is 0 Å². The smallest absolute Gasteiger partial charge is 0.249 e. The lowest BCUT2D eigenvalue weighted by Gasteiger charge is -2.36. The molecule has 1 unspecified atom stereocenters. The first-order valence-electron chi connectivity index (χ1n) is 6.37. The van der Waals surface area contributed by atoms with Gasteiger partial charge in [-0.15, -0.1) is 0 Å². The Morgan fingerprint density at radius 3 is 2.78 bits per heavy atom. The van der Waals surface area contributed by atoms with Crippen LogP contribution in [-0.4, -0.2) is 74.6 Å². The molecule has 0 bridgehead atoms. The van der Waals surface area contributed by atoms with Gasteiger partial charge in [-0.25, -0.2) is 0 Å². The molecular weight excluding hydrogens is 234 g/mol. The van der Waals surface area contributed by atoms with Crippen LogP contribution in [0.2, 0.25) is 0 Å². The number of hydrogen-bond acceptors (Lipinski definition) is 4. The van der Waals surface area contributed by atoms with Gasteiger partial charge in [0.1, 0.15) is 12.6 Å². The average Bonchev–Trinajstić information content (AvgIpc) is 2.38. The Morgan fingerprint density at radius 2 is 2.17 bits per heavy atom. The second-order valence-electron chi connectivity index (χ2n) is 4.59. The van der Waals surface area contributed by atoms with Crippen LogP contribution in [0.25, 0.3) is 0 Å². The van der Waals surface area contributed by atoms with Gasteiger partial charge in [0.2, 0.25) is 11.8 Å². The monoisotopic (exact) mass is 257 g/mol. The van der Waals surface area contributed by atoms with E-state index in [2.05, 4.69) is 5.32 Å². The van der Waals surface area contributed by atoms with Gasteiger partial charge in [-0.2, -0.15) is 0 Å². The van der Waals surface area contributed by atoms with Crippen LogP contribution in [0.3, 0.4) is 0 Å². The predicted molar refractivity (Wildman–Crippen MR) is 68.2 cm³/mol. The third-order valence-corrected chi connectivity index (χ3v) is 2.86. The maximum atomic E-state index is 12.0. The molecule has 0 spiro atoms. The molecule has 1 aliphatic rings. The van der Waals surface area contributed by atoms with Gasteiger partial charge < -0.3 is 19.9 Å². The maximum absolute atomic E-state index is 12.0. The summed E-state index contributed by atoms with van der Waals surface area (Å²) < 4.78 is 5.25. The van der Waals surface area contributed by atoms with E-state index in [4.69, 9.17) is 4.74 Å². The average molecular weight is 257 g/mol. The normalized spacial score (nSPS) is 19.7. The molecule has 1 fully saturated rings. The largest absolute Gasteiger partial charge is 0.372 e. The summed E-state index contributed by atoms with van der Waals surface area (Å²) in [5.41, 5.74) is 0. The lowest BCUT2D eigenvalue weighted by atomic mass is 10.1. The third kappa shape index (κ3) is 3.96. The summed E-state index contributed by atoms with van der Waals surface area (Å²) in [6, 6.07) is -0.411. The zero-order chi connectivity index (χ0) is 13.5. The Labute approximate surface area is 108 Å². The van der Waals surface area contributed by atoms with E-state index in [9.17, 15) is 9.59 Å². The van der Waals surface area contributed by atoms with Crippen molar-refractivity contribution in [3.05, 3.63) is 0 Å². The Morgan fingerprint density at radius 1 is 1.44 bits per heavy atom. The summed E-state index contributed by atoms with van der Waals surface area (Å²) in [6.07, 6.45) is 0.884. The minimum Gasteiger partial charge on any atom is -0.372 e. The molecule has 0 aliphatic carbocycles. The minimum atomic E-state index is -0.411. The molecule has 0 radical (unpaired) electrons. The highest BCUT2D eigenvalue weighted by atomic mass is 16.5. The van der Waals surface area contributed by atoms with Crippen molar-refractivity contribution in [2.24, 2.45) is 0 Å². The lowest BCUT2D eigenvalue weighted by Crippen LogP contribution is -2.60. The number of piperazine rings is 1. The summed E-state index contributed by atoms with van der Waals surface area (Å²) >= 11 is 0. The number of amides is 2. The molecule has 1 aliphatic heterocycles. The molecule has 1 rings (SSSR count). The molecule has 1 heterocycles. The summed E-state index contributed by atoms with van der Waals surface area (Å²) in [4.78, 5) is 27.1. The fraction of sp³-hybridized carbons (Fsp3) is 0.833. The molecule has 1 saturated heterocycles. The van der Waals surface area contributed by atoms with E-state index in [1.807, 2.05) is 6.92 Å². The molecule has 0 saturated carbocycles. The zero-order valence-electron chi connectivity index (χ0n) is 11.4. The number of nitrogens with zero attached hydrogens (tertiary/aromatic N) is 2. The maximum Gasteiger partial charge on any atom is 0.249 e. The van der Waals surface area contributed by atoms with Gasteiger partial charge in [-0.1, -0.05) is 6.92 Å². The van der Waals surface area contributed by atoms with Crippen molar-refractivity contribution in [1.82, 2.24) is 15.1 Å². The fourth-order valence-corrected chi connectivity index (χ4v) is 1.91. The Balaban J connectivity index is 2.58. The lowest BCUT2D eigenvalue weighted by molar-refractivity contribution is -0.148. The Bertz CT molecular complexity index is 294. The second-order valence-corrected chi connectivity index (χ2v) is 4.59. The van der Waals surface area contributed by atoms with Crippen molar-refractivity contribution in [3.8, 4) is 0 Å². The van der Waals surface area contributed by atoms with Crippen molar-refractivity contribution < 1.29 is 14.3 Å². The first-order valence-corrected chi connectivity index (χ1v) is 6.37. The van der Waals surface area contributed by atoms with Gasteiger partial charge in [0.15, 0.2) is 0 Å². The summed E-state index contributed by atoms with van der Waals surface area (Å²) in [6.45, 7) is 4.41. The van der Waals surface area contributed by atoms with Crippen LogP contribution in [0.4, 0.5) is 0 Å². The van der Waals surface area contributed by atoms with E-state index < -0.39 is 6.04 Å². The number of ether oxygens (including phenoxy) is 1. The highest BCUT2D eigenvalue weighted by Gasteiger charge is 2.32. The standard InChI is InChI=1S/C12H23N3O3/c1-4-7-18-9-11(16)15-6-5-13-8-10(15)12(17)14(2)3/h10,13H,4-9H2,1-3H3. The van der Waals surface area contributed by atoms with E-state index in [1.54, 1.807) is 19.0 Å². The molecule has 6 nitrogen and oxygen atoms in total. The van der Waals surface area contributed by atoms with Gasteiger partial charge in [0, 0.05) is 40.3 Å². The SMILES string of the molecule is CCCOCC(=O)N1CCNCC1C(=O)N(C)C. The molecule has 18 heavy (non-hydrogen) atoms. The van der Waals surface area contributed by atoms with Crippen LogP contribution in [0, 0.1) is 0 Å². The molecule has 1 N–H and O–H groups in total. The zero-order valence-corrected chi connectivity index (χ0v) is 11.4. The van der Waals surface area contributed by atoms with E-state index in [0.29, 0.717) is 19.7 Å². The number of rotatable bonds is 5. The van der Waals surface area contributed by atoms with Crippen molar-refractivity contribution >= 4 is 11.8 Å². The number of likely N-dealkylation sites (N-methyl/N-ethyl adjacent to an activating group) is 1. The number of carbonyl (C=O) groups excluding carboxylic acids is 2. The van der Waals surface area contributed by atoms with E-state index in [1.165, 1.54) is 4.90 Å². The minimum absolute atomic E-state index is 0.0500. The van der Waals surface area contributed by atoms with Gasteiger partial charge >= 0.3 is 0 Å². The number of hydrogen-bond donors (Lipinski definition) is 1. The molecular formula is C12H23N3O3. The van der Waals surface area contributed by atoms with Crippen LogP contribution in [0.5, 0.6) is 0 Å². The van der Waals surface area contributed by atoms with Crippen LogP contribution in [0.1, 0.15) is 13.3 Å². The van der Waals surface area contributed by atoms with Gasteiger partial charge in [-0.3, -0.25) is 9.59 Å². The molecule has 6 heteroatoms. The van der Waals surface area contributed by atoms with Gasteiger partial charge in [0.25, 0.3) is 0 Å². The molecule has 2 amide bonds. The molecule has 0 aromatic carbocycles. The van der Waals surface area contributed by atoms with Crippen LogP contribution < -0.4 is 5.32 Å². The summed E-state index contributed by atoms with van der Waals surface area (Å²) in [7, 11) is 3.40. The molecule has 0 aromatic heterocycles. The quantitative estimate of drug-likeness (QED) is 0.662. The fourth-order valence-electron chi connectivity index (χ4n) is 1.91. The highest BCUT2D eigenvalue weighted by molar-refractivity contribution is 5.88. The third-order valence-electron chi connectivity index (χ3n) is 2.86. The van der Waals surface area contributed by atoms with Gasteiger partial charge in [-0.05, 0) is 6.42 Å². The Hall–Kier alpha value is -1.14. The van der Waals surface area contributed by atoms with Gasteiger partial charge in [0.05, 0.1) is 0 Å². The van der Waals surface area contributed by atoms with Crippen molar-refractivity contribution in [1.29, 1.82) is 0 Å². The van der Waals surface area contributed by atoms with Crippen LogP contribution in [0.15, 0.2) is 0 Å². The number of nitrogens with one attached hydrogen (secondary N) is 1. The van der Waals surface area contributed by atoms with Crippen LogP contribution in [-0.2, 0) is 14.3 Å². The number of carbonyl (C=O) groups is 2. The Kier molecular flexibility index (Phi) is 6.07. The molecule has 104 valence electrons. The highest BCUT2D eigenvalue weighted by Crippen LogP contribution is 2.07. The summed E-state index contributed by atoms with van der Waals surface area (Å²) in [5.74, 6) is -0.156. The van der Waals surface area contributed by atoms with Crippen LogP contribution >= 0.6 is 0 Å². The van der Waals surface area contributed by atoms with Crippen molar-refractivity contribution in [2.75, 3.05) is 46.9 Å². The van der Waals surface area contributed by atoms with E-state index >= 15 is 0 Å².